The van der Waals surface area contributed by atoms with E-state index in [2.05, 4.69) is 27.8 Å². The first-order valence-electron chi connectivity index (χ1n) is 11.3. The molecule has 1 saturated carbocycles. The van der Waals surface area contributed by atoms with E-state index >= 15 is 0 Å². The summed E-state index contributed by atoms with van der Waals surface area (Å²) in [6, 6.07) is 5.89. The van der Waals surface area contributed by atoms with E-state index in [1.807, 2.05) is 25.1 Å². The number of rotatable bonds is 6. The van der Waals surface area contributed by atoms with Crippen LogP contribution < -0.4 is 20.9 Å². The highest BCUT2D eigenvalue weighted by atomic mass is 16.2. The van der Waals surface area contributed by atoms with E-state index < -0.39 is 0 Å². The Hall–Kier alpha value is -2.24. The lowest BCUT2D eigenvalue weighted by Gasteiger charge is -2.31. The van der Waals surface area contributed by atoms with Gasteiger partial charge in [0.05, 0.1) is 5.56 Å². The van der Waals surface area contributed by atoms with Gasteiger partial charge in [-0.2, -0.15) is 0 Å². The van der Waals surface area contributed by atoms with Crippen molar-refractivity contribution in [1.82, 2.24) is 10.6 Å². The lowest BCUT2D eigenvalue weighted by atomic mass is 9.96. The van der Waals surface area contributed by atoms with Gasteiger partial charge >= 0.3 is 6.03 Å². The molecule has 29 heavy (non-hydrogen) atoms. The Morgan fingerprint density at radius 1 is 1.07 bits per heavy atom. The Morgan fingerprint density at radius 2 is 1.76 bits per heavy atom. The van der Waals surface area contributed by atoms with Crippen molar-refractivity contribution < 1.29 is 9.59 Å². The van der Waals surface area contributed by atoms with Crippen LogP contribution >= 0.6 is 0 Å². The molecule has 160 valence electrons. The van der Waals surface area contributed by atoms with Crippen LogP contribution in [-0.2, 0) is 0 Å². The van der Waals surface area contributed by atoms with Gasteiger partial charge in [-0.05, 0) is 63.6 Å². The summed E-state index contributed by atoms with van der Waals surface area (Å²) in [6.07, 6.45) is 10.1. The smallest absolute Gasteiger partial charge is 0.319 e. The monoisotopic (exact) mass is 400 g/mol. The van der Waals surface area contributed by atoms with Gasteiger partial charge in [-0.15, -0.1) is 0 Å². The predicted molar refractivity (Wildman–Crippen MR) is 119 cm³/mol. The predicted octanol–water partition coefficient (Wildman–Crippen LogP) is 4.66. The van der Waals surface area contributed by atoms with E-state index in [0.717, 1.165) is 50.9 Å². The number of nitrogens with one attached hydrogen (secondary N) is 3. The third-order valence-electron chi connectivity index (χ3n) is 6.13. The van der Waals surface area contributed by atoms with Crippen molar-refractivity contribution in [1.29, 1.82) is 0 Å². The lowest BCUT2D eigenvalue weighted by Crippen LogP contribution is -2.39. The molecule has 1 aliphatic carbocycles. The molecule has 1 saturated heterocycles. The second kappa shape index (κ2) is 10.5. The van der Waals surface area contributed by atoms with Gasteiger partial charge in [-0.25, -0.2) is 4.79 Å². The Morgan fingerprint density at radius 3 is 2.45 bits per heavy atom. The summed E-state index contributed by atoms with van der Waals surface area (Å²) >= 11 is 0. The Bertz CT molecular complexity index is 694. The normalized spacial score (nSPS) is 18.8. The van der Waals surface area contributed by atoms with Gasteiger partial charge in [-0.3, -0.25) is 4.79 Å². The number of anilines is 2. The molecule has 2 fully saturated rings. The second-order valence-electron chi connectivity index (χ2n) is 8.50. The number of hydrogen-bond donors (Lipinski definition) is 3. The molecule has 3 rings (SSSR count). The summed E-state index contributed by atoms with van der Waals surface area (Å²) in [7, 11) is 0. The first-order chi connectivity index (χ1) is 14.1. The van der Waals surface area contributed by atoms with Gasteiger partial charge in [0.15, 0.2) is 0 Å². The molecule has 6 nitrogen and oxygen atoms in total. The van der Waals surface area contributed by atoms with Gasteiger partial charge in [0.1, 0.15) is 0 Å². The topological polar surface area (TPSA) is 73.5 Å². The minimum atomic E-state index is -0.184. The number of carbonyl (C=O) groups is 2. The highest BCUT2D eigenvalue weighted by molar-refractivity contribution is 6.02. The number of benzene rings is 1. The number of hydrogen-bond acceptors (Lipinski definition) is 3. The van der Waals surface area contributed by atoms with Crippen molar-refractivity contribution in [2.24, 2.45) is 0 Å². The third-order valence-corrected chi connectivity index (χ3v) is 6.13. The number of urea groups is 1. The largest absolute Gasteiger partial charge is 0.371 e. The SMILES string of the molecule is CCC(C)NC(=O)c1cc(NC(=O)NC2CCCCC2)ccc1N1CCCCC1. The van der Waals surface area contributed by atoms with E-state index in [9.17, 15) is 9.59 Å². The van der Waals surface area contributed by atoms with Crippen molar-refractivity contribution in [3.63, 3.8) is 0 Å². The van der Waals surface area contributed by atoms with Gasteiger partial charge in [0, 0.05) is 36.5 Å². The molecule has 6 heteroatoms. The van der Waals surface area contributed by atoms with Crippen LogP contribution in [-0.4, -0.2) is 37.1 Å². The average Bonchev–Trinajstić information content (AvgIpc) is 2.74. The van der Waals surface area contributed by atoms with Crippen LogP contribution in [0.3, 0.4) is 0 Å². The van der Waals surface area contributed by atoms with Crippen LogP contribution in [0.4, 0.5) is 16.2 Å². The average molecular weight is 401 g/mol. The van der Waals surface area contributed by atoms with Crippen LogP contribution in [0.5, 0.6) is 0 Å². The third kappa shape index (κ3) is 6.12. The molecule has 1 aromatic rings. The molecular formula is C23H36N4O2. The zero-order valence-corrected chi connectivity index (χ0v) is 17.9. The fourth-order valence-corrected chi connectivity index (χ4v) is 4.21. The number of carbonyl (C=O) groups excluding carboxylic acids is 2. The summed E-state index contributed by atoms with van der Waals surface area (Å²) in [6.45, 7) is 6.01. The maximum atomic E-state index is 13.0. The molecule has 3 amide bonds. The molecule has 1 aliphatic heterocycles. The molecule has 1 aromatic carbocycles. The van der Waals surface area contributed by atoms with Gasteiger partial charge < -0.3 is 20.9 Å². The van der Waals surface area contributed by atoms with E-state index in [1.54, 1.807) is 0 Å². The van der Waals surface area contributed by atoms with Crippen LogP contribution in [0.25, 0.3) is 0 Å². The molecule has 1 heterocycles. The number of amides is 3. The summed E-state index contributed by atoms with van der Waals surface area (Å²) < 4.78 is 0. The molecule has 0 radical (unpaired) electrons. The first kappa shape index (κ1) is 21.5. The quantitative estimate of drug-likeness (QED) is 0.650. The fourth-order valence-electron chi connectivity index (χ4n) is 4.21. The molecule has 0 spiro atoms. The molecule has 1 atom stereocenters. The van der Waals surface area contributed by atoms with Crippen molar-refractivity contribution in [3.8, 4) is 0 Å². The Labute approximate surface area is 174 Å². The molecule has 0 aromatic heterocycles. The van der Waals surface area contributed by atoms with E-state index in [1.165, 1.54) is 25.7 Å². The maximum Gasteiger partial charge on any atom is 0.319 e. The maximum absolute atomic E-state index is 13.0. The van der Waals surface area contributed by atoms with Crippen LogP contribution in [0, 0.1) is 0 Å². The summed E-state index contributed by atoms with van der Waals surface area (Å²) in [5.74, 6) is -0.0729. The summed E-state index contributed by atoms with van der Waals surface area (Å²) in [5.41, 5.74) is 2.26. The van der Waals surface area contributed by atoms with Gasteiger partial charge in [0.2, 0.25) is 0 Å². The molecule has 0 bridgehead atoms. The fraction of sp³-hybridized carbons (Fsp3) is 0.652. The number of nitrogens with zero attached hydrogens (tertiary/aromatic N) is 1. The van der Waals surface area contributed by atoms with Crippen molar-refractivity contribution in [2.45, 2.75) is 83.7 Å². The minimum absolute atomic E-state index is 0.0729. The molecular weight excluding hydrogens is 364 g/mol. The molecule has 1 unspecified atom stereocenters. The van der Waals surface area contributed by atoms with Crippen LogP contribution in [0.15, 0.2) is 18.2 Å². The minimum Gasteiger partial charge on any atom is -0.371 e. The van der Waals surface area contributed by atoms with E-state index in [-0.39, 0.29) is 24.0 Å². The number of piperidine rings is 1. The highest BCUT2D eigenvalue weighted by Gasteiger charge is 2.21. The zero-order valence-electron chi connectivity index (χ0n) is 17.9. The first-order valence-corrected chi connectivity index (χ1v) is 11.3. The Kier molecular flexibility index (Phi) is 7.78. The molecule has 3 N–H and O–H groups in total. The van der Waals surface area contributed by atoms with Crippen LogP contribution in [0.2, 0.25) is 0 Å². The highest BCUT2D eigenvalue weighted by Crippen LogP contribution is 2.27. The van der Waals surface area contributed by atoms with Crippen molar-refractivity contribution in [2.75, 3.05) is 23.3 Å². The second-order valence-corrected chi connectivity index (χ2v) is 8.50. The van der Waals surface area contributed by atoms with Gasteiger partial charge in [0.25, 0.3) is 5.91 Å². The van der Waals surface area contributed by atoms with Crippen molar-refractivity contribution >= 4 is 23.3 Å². The standard InChI is InChI=1S/C23H36N4O2/c1-3-17(2)24-22(28)20-16-19(12-13-21(20)27-14-8-5-9-15-27)26-23(29)25-18-10-6-4-7-11-18/h12-13,16-18H,3-11,14-15H2,1-2H3,(H,24,28)(H2,25,26,29). The lowest BCUT2D eigenvalue weighted by molar-refractivity contribution is 0.0939. The van der Waals surface area contributed by atoms with Crippen molar-refractivity contribution in [3.05, 3.63) is 23.8 Å². The zero-order chi connectivity index (χ0) is 20.6. The Balaban J connectivity index is 1.74. The van der Waals surface area contributed by atoms with Gasteiger partial charge in [-0.1, -0.05) is 26.2 Å². The molecule has 2 aliphatic rings. The van der Waals surface area contributed by atoms with E-state index in [4.69, 9.17) is 0 Å². The van der Waals surface area contributed by atoms with E-state index in [0.29, 0.717) is 11.3 Å². The van der Waals surface area contributed by atoms with Crippen LogP contribution in [0.1, 0.15) is 82.0 Å². The summed E-state index contributed by atoms with van der Waals surface area (Å²) in [4.78, 5) is 27.7. The summed E-state index contributed by atoms with van der Waals surface area (Å²) in [5, 5.41) is 9.09.